The Labute approximate surface area is 93.9 Å². The summed E-state index contributed by atoms with van der Waals surface area (Å²) >= 11 is 0. The lowest BCUT2D eigenvalue weighted by Gasteiger charge is -2.13. The molecule has 4 nitrogen and oxygen atoms in total. The lowest BCUT2D eigenvalue weighted by molar-refractivity contribution is 0.0594. The third kappa shape index (κ3) is 2.28. The zero-order valence-electron chi connectivity index (χ0n) is 9.10. The first-order valence-corrected chi connectivity index (χ1v) is 5.13. The van der Waals surface area contributed by atoms with E-state index in [9.17, 15) is 4.79 Å². The lowest BCUT2D eigenvalue weighted by atomic mass is 10.0. The van der Waals surface area contributed by atoms with Gasteiger partial charge >= 0.3 is 5.97 Å². The fourth-order valence-electron chi connectivity index (χ4n) is 1.64. The molecule has 0 spiro atoms. The van der Waals surface area contributed by atoms with Crippen LogP contribution in [0, 0.1) is 0 Å². The first kappa shape index (κ1) is 10.8. The van der Waals surface area contributed by atoms with Gasteiger partial charge in [-0.2, -0.15) is 0 Å². The quantitative estimate of drug-likeness (QED) is 0.710. The molecule has 0 aliphatic carbocycles. The van der Waals surface area contributed by atoms with Gasteiger partial charge in [0.05, 0.1) is 20.3 Å². The average molecular weight is 219 g/mol. The molecule has 0 saturated carbocycles. The van der Waals surface area contributed by atoms with Crippen LogP contribution in [0.4, 0.5) is 0 Å². The average Bonchev–Trinajstić information content (AvgIpc) is 2.39. The molecule has 4 heteroatoms. The van der Waals surface area contributed by atoms with E-state index in [-0.39, 0.29) is 0 Å². The van der Waals surface area contributed by atoms with E-state index < -0.39 is 5.97 Å². The second kappa shape index (κ2) is 4.90. The number of pyridine rings is 1. The summed E-state index contributed by atoms with van der Waals surface area (Å²) in [6.07, 6.45) is 4.52. The van der Waals surface area contributed by atoms with Gasteiger partial charge in [-0.15, -0.1) is 0 Å². The Morgan fingerprint density at radius 1 is 1.56 bits per heavy atom. The number of methoxy groups -OCH3 is 1. The largest absolute Gasteiger partial charge is 0.464 e. The van der Waals surface area contributed by atoms with Gasteiger partial charge < -0.3 is 9.47 Å². The molecule has 0 amide bonds. The van der Waals surface area contributed by atoms with Gasteiger partial charge in [0.15, 0.2) is 0 Å². The van der Waals surface area contributed by atoms with Crippen LogP contribution >= 0.6 is 0 Å². The van der Waals surface area contributed by atoms with Crippen molar-refractivity contribution >= 4 is 11.5 Å². The van der Waals surface area contributed by atoms with Crippen molar-refractivity contribution in [2.24, 2.45) is 0 Å². The molecule has 1 aliphatic heterocycles. The first-order valence-electron chi connectivity index (χ1n) is 5.13. The van der Waals surface area contributed by atoms with E-state index in [1.54, 1.807) is 12.3 Å². The Kier molecular flexibility index (Phi) is 3.31. The van der Waals surface area contributed by atoms with Crippen LogP contribution in [-0.4, -0.2) is 31.3 Å². The number of carbonyl (C=O) groups is 1. The summed E-state index contributed by atoms with van der Waals surface area (Å²) in [6, 6.07) is 3.65. The predicted molar refractivity (Wildman–Crippen MR) is 59.0 cm³/mol. The van der Waals surface area contributed by atoms with Gasteiger partial charge in [-0.25, -0.2) is 9.78 Å². The van der Waals surface area contributed by atoms with E-state index in [4.69, 9.17) is 4.74 Å². The number of hydrogen-bond donors (Lipinski definition) is 0. The van der Waals surface area contributed by atoms with Crippen LogP contribution < -0.4 is 0 Å². The summed E-state index contributed by atoms with van der Waals surface area (Å²) in [6.45, 7) is 1.35. The highest BCUT2D eigenvalue weighted by Crippen LogP contribution is 2.21. The molecule has 2 rings (SSSR count). The maximum atomic E-state index is 11.3. The molecule has 0 bridgehead atoms. The Bertz CT molecular complexity index is 426. The molecule has 0 saturated heterocycles. The van der Waals surface area contributed by atoms with Gasteiger partial charge in [-0.3, -0.25) is 0 Å². The third-order valence-corrected chi connectivity index (χ3v) is 2.49. The minimum atomic E-state index is -0.408. The van der Waals surface area contributed by atoms with E-state index in [1.165, 1.54) is 12.7 Å². The van der Waals surface area contributed by atoms with Crippen molar-refractivity contribution in [1.29, 1.82) is 0 Å². The van der Waals surface area contributed by atoms with E-state index >= 15 is 0 Å². The minimum Gasteiger partial charge on any atom is -0.464 e. The summed E-state index contributed by atoms with van der Waals surface area (Å²) in [7, 11) is 1.35. The number of carbonyl (C=O) groups excluding carboxylic acids is 1. The highest BCUT2D eigenvalue weighted by atomic mass is 16.5. The molecular weight excluding hydrogens is 206 g/mol. The summed E-state index contributed by atoms with van der Waals surface area (Å²) in [5, 5.41) is 0. The Balaban J connectivity index is 2.28. The van der Waals surface area contributed by atoms with E-state index in [2.05, 4.69) is 9.72 Å². The van der Waals surface area contributed by atoms with Crippen LogP contribution in [-0.2, 0) is 9.47 Å². The molecule has 84 valence electrons. The van der Waals surface area contributed by atoms with Crippen LogP contribution in [0.1, 0.15) is 22.5 Å². The molecular formula is C12H13NO3. The first-order chi connectivity index (χ1) is 7.81. The topological polar surface area (TPSA) is 48.4 Å². The van der Waals surface area contributed by atoms with Gasteiger partial charge in [0.1, 0.15) is 5.69 Å². The molecule has 1 aromatic rings. The molecule has 0 fully saturated rings. The molecule has 0 atom stereocenters. The van der Waals surface area contributed by atoms with E-state index in [0.717, 1.165) is 18.6 Å². The van der Waals surface area contributed by atoms with Crippen molar-refractivity contribution in [3.63, 3.8) is 0 Å². The second-order valence-corrected chi connectivity index (χ2v) is 3.48. The summed E-state index contributed by atoms with van der Waals surface area (Å²) < 4.78 is 9.87. The summed E-state index contributed by atoms with van der Waals surface area (Å²) in [4.78, 5) is 15.3. The van der Waals surface area contributed by atoms with Crippen molar-refractivity contribution in [3.8, 4) is 0 Å². The van der Waals surface area contributed by atoms with Crippen molar-refractivity contribution in [1.82, 2.24) is 4.98 Å². The smallest absolute Gasteiger partial charge is 0.356 e. The van der Waals surface area contributed by atoms with Crippen molar-refractivity contribution in [2.45, 2.75) is 6.42 Å². The molecule has 2 heterocycles. The van der Waals surface area contributed by atoms with Gasteiger partial charge in [-0.1, -0.05) is 6.08 Å². The van der Waals surface area contributed by atoms with Crippen molar-refractivity contribution in [3.05, 3.63) is 35.7 Å². The van der Waals surface area contributed by atoms with Gasteiger partial charge in [-0.05, 0) is 29.7 Å². The number of ether oxygens (including phenoxy) is 2. The normalized spacial score (nSPS) is 15.4. The van der Waals surface area contributed by atoms with Crippen LogP contribution in [0.15, 0.2) is 24.4 Å². The van der Waals surface area contributed by atoms with Crippen LogP contribution in [0.25, 0.3) is 5.57 Å². The number of hydrogen-bond acceptors (Lipinski definition) is 4. The number of aromatic nitrogens is 1. The fraction of sp³-hybridized carbons (Fsp3) is 0.333. The fourth-order valence-corrected chi connectivity index (χ4v) is 1.64. The Hall–Kier alpha value is -1.68. The maximum Gasteiger partial charge on any atom is 0.356 e. The maximum absolute atomic E-state index is 11.3. The molecule has 1 aliphatic rings. The van der Waals surface area contributed by atoms with Crippen LogP contribution in [0.3, 0.4) is 0 Å². The van der Waals surface area contributed by atoms with Crippen LogP contribution in [0.5, 0.6) is 0 Å². The lowest BCUT2D eigenvalue weighted by Crippen LogP contribution is -2.07. The van der Waals surface area contributed by atoms with Gasteiger partial charge in [0.2, 0.25) is 0 Å². The zero-order chi connectivity index (χ0) is 11.4. The van der Waals surface area contributed by atoms with E-state index in [1.807, 2.05) is 12.1 Å². The number of nitrogens with zero attached hydrogens (tertiary/aromatic N) is 1. The third-order valence-electron chi connectivity index (χ3n) is 2.49. The minimum absolute atomic E-state index is 0.340. The van der Waals surface area contributed by atoms with Crippen LogP contribution in [0.2, 0.25) is 0 Å². The molecule has 1 aromatic heterocycles. The standard InChI is InChI=1S/C12H13NO3/c1-15-12(14)11-8-10(2-5-13-11)9-3-6-16-7-4-9/h2-3,5,8H,4,6-7H2,1H3. The van der Waals surface area contributed by atoms with Crippen molar-refractivity contribution in [2.75, 3.05) is 20.3 Å². The molecule has 0 N–H and O–H groups in total. The Morgan fingerprint density at radius 2 is 2.44 bits per heavy atom. The molecule has 0 radical (unpaired) electrons. The Morgan fingerprint density at radius 3 is 3.12 bits per heavy atom. The summed E-state index contributed by atoms with van der Waals surface area (Å²) in [5.41, 5.74) is 2.55. The molecule has 16 heavy (non-hydrogen) atoms. The number of rotatable bonds is 2. The van der Waals surface area contributed by atoms with Gasteiger partial charge in [0.25, 0.3) is 0 Å². The SMILES string of the molecule is COC(=O)c1cc(C2=CCOCC2)ccn1. The van der Waals surface area contributed by atoms with E-state index in [0.29, 0.717) is 12.3 Å². The van der Waals surface area contributed by atoms with Crippen molar-refractivity contribution < 1.29 is 14.3 Å². The predicted octanol–water partition coefficient (Wildman–Crippen LogP) is 1.67. The molecule has 0 unspecified atom stereocenters. The highest BCUT2D eigenvalue weighted by molar-refractivity contribution is 5.88. The monoisotopic (exact) mass is 219 g/mol. The molecule has 0 aromatic carbocycles. The second-order valence-electron chi connectivity index (χ2n) is 3.48. The zero-order valence-corrected chi connectivity index (χ0v) is 9.10. The summed E-state index contributed by atoms with van der Waals surface area (Å²) in [5.74, 6) is -0.408. The van der Waals surface area contributed by atoms with Gasteiger partial charge in [0, 0.05) is 6.20 Å². The number of esters is 1. The highest BCUT2D eigenvalue weighted by Gasteiger charge is 2.11.